The van der Waals surface area contributed by atoms with Crippen LogP contribution >= 0.6 is 0 Å². The Morgan fingerprint density at radius 3 is 2.63 bits per heavy atom. The summed E-state index contributed by atoms with van der Waals surface area (Å²) in [5.41, 5.74) is 4.90. The Kier molecular flexibility index (Phi) is 5.04. The first-order valence-electron chi connectivity index (χ1n) is 9.09. The van der Waals surface area contributed by atoms with E-state index >= 15 is 0 Å². The van der Waals surface area contributed by atoms with Crippen LogP contribution in [0.15, 0.2) is 48.5 Å². The van der Waals surface area contributed by atoms with E-state index in [0.717, 1.165) is 55.3 Å². The molecule has 1 aromatic heterocycles. The molecule has 27 heavy (non-hydrogen) atoms. The fraction of sp³-hybridized carbons (Fsp3) is 0.300. The first-order valence-corrected chi connectivity index (χ1v) is 9.09. The van der Waals surface area contributed by atoms with E-state index in [0.29, 0.717) is 11.5 Å². The summed E-state index contributed by atoms with van der Waals surface area (Å²) in [6, 6.07) is 15.0. The lowest BCUT2D eigenvalue weighted by Crippen LogP contribution is -2.21. The molecule has 0 aliphatic carbocycles. The Morgan fingerprint density at radius 2 is 1.89 bits per heavy atom. The highest BCUT2D eigenvalue weighted by Crippen LogP contribution is 2.26. The average molecular weight is 366 g/mol. The van der Waals surface area contributed by atoms with Crippen LogP contribution in [0, 0.1) is 5.92 Å². The van der Waals surface area contributed by atoms with Gasteiger partial charge in [0.05, 0.1) is 11.0 Å². The quantitative estimate of drug-likeness (QED) is 0.476. The van der Waals surface area contributed by atoms with Gasteiger partial charge in [-0.1, -0.05) is 12.1 Å². The number of hydrogen-bond donors (Lipinski definition) is 3. The summed E-state index contributed by atoms with van der Waals surface area (Å²) in [5.74, 6) is 0.808. The van der Waals surface area contributed by atoms with Gasteiger partial charge in [0.15, 0.2) is 0 Å². The lowest BCUT2D eigenvalue weighted by atomic mass is 10.0. The van der Waals surface area contributed by atoms with E-state index < -0.39 is 5.91 Å². The number of rotatable bonds is 5. The summed E-state index contributed by atoms with van der Waals surface area (Å²) in [6.07, 6.45) is 2.10. The van der Waals surface area contributed by atoms with Crippen molar-refractivity contribution in [3.8, 4) is 0 Å². The van der Waals surface area contributed by atoms with Crippen molar-refractivity contribution in [3.05, 3.63) is 54.1 Å². The van der Waals surface area contributed by atoms with E-state index in [9.17, 15) is 4.79 Å². The predicted octanol–water partition coefficient (Wildman–Crippen LogP) is 3.33. The number of amides is 1. The second-order valence-electron chi connectivity index (χ2n) is 6.73. The first kappa shape index (κ1) is 17.5. The second-order valence-corrected chi connectivity index (χ2v) is 6.73. The van der Waals surface area contributed by atoms with Crippen LogP contribution in [0.25, 0.3) is 11.0 Å². The van der Waals surface area contributed by atoms with Crippen molar-refractivity contribution in [1.82, 2.24) is 15.0 Å². The van der Waals surface area contributed by atoms with Crippen molar-refractivity contribution >= 4 is 28.6 Å². The molecule has 7 heteroatoms. The summed E-state index contributed by atoms with van der Waals surface area (Å²) in [4.78, 5) is 16.2. The Bertz CT molecular complexity index is 930. The fourth-order valence-electron chi connectivity index (χ4n) is 3.44. The number of nitrogens with one attached hydrogen (secondary N) is 2. The fourth-order valence-corrected chi connectivity index (χ4v) is 3.44. The van der Waals surface area contributed by atoms with Crippen molar-refractivity contribution in [2.75, 3.05) is 18.5 Å². The molecular weight excluding hydrogens is 344 g/mol. The van der Waals surface area contributed by atoms with Crippen LogP contribution in [0.5, 0.6) is 0 Å². The van der Waals surface area contributed by atoms with E-state index in [1.54, 1.807) is 29.7 Å². The lowest BCUT2D eigenvalue weighted by molar-refractivity contribution is 0.0617. The van der Waals surface area contributed by atoms with Gasteiger partial charge in [-0.2, -0.15) is 0 Å². The van der Waals surface area contributed by atoms with Gasteiger partial charge in [0, 0.05) is 31.0 Å². The first-order chi connectivity index (χ1) is 13.2. The number of carbonyl (C=O) groups excluding carboxylic acids is 1. The van der Waals surface area contributed by atoms with Crippen molar-refractivity contribution in [2.24, 2.45) is 5.92 Å². The molecule has 3 aromatic rings. The number of para-hydroxylation sites is 2. The molecule has 0 saturated carbocycles. The molecule has 1 fully saturated rings. The largest absolute Gasteiger partial charge is 0.381 e. The highest BCUT2D eigenvalue weighted by atomic mass is 16.5. The molecule has 140 valence electrons. The molecule has 0 radical (unpaired) electrons. The van der Waals surface area contributed by atoms with E-state index in [-0.39, 0.29) is 0 Å². The van der Waals surface area contributed by atoms with Crippen LogP contribution in [0.3, 0.4) is 0 Å². The molecule has 1 aliphatic rings. The minimum absolute atomic E-state index is 0.388. The van der Waals surface area contributed by atoms with Crippen molar-refractivity contribution < 1.29 is 14.7 Å². The Balaban J connectivity index is 1.62. The SMILES string of the molecule is O=C(NO)c1ccc(Nc2nc3ccccc3n2CC2CCOCC2)cc1. The molecule has 4 rings (SSSR count). The summed E-state index contributed by atoms with van der Waals surface area (Å²) < 4.78 is 7.70. The van der Waals surface area contributed by atoms with Gasteiger partial charge < -0.3 is 14.6 Å². The topological polar surface area (TPSA) is 88.4 Å². The zero-order chi connectivity index (χ0) is 18.6. The third-order valence-electron chi connectivity index (χ3n) is 4.94. The number of aromatic nitrogens is 2. The van der Waals surface area contributed by atoms with Crippen LogP contribution in [0.4, 0.5) is 11.6 Å². The molecule has 2 aromatic carbocycles. The van der Waals surface area contributed by atoms with E-state index in [2.05, 4.69) is 16.0 Å². The molecule has 1 saturated heterocycles. The normalized spacial score (nSPS) is 15.0. The number of fused-ring (bicyclic) bond motifs is 1. The predicted molar refractivity (Wildman–Crippen MR) is 102 cm³/mol. The maximum absolute atomic E-state index is 11.5. The van der Waals surface area contributed by atoms with Gasteiger partial charge in [0.25, 0.3) is 5.91 Å². The van der Waals surface area contributed by atoms with Gasteiger partial charge in [-0.05, 0) is 55.2 Å². The molecule has 7 nitrogen and oxygen atoms in total. The van der Waals surface area contributed by atoms with Crippen molar-refractivity contribution in [1.29, 1.82) is 0 Å². The third kappa shape index (κ3) is 3.79. The summed E-state index contributed by atoms with van der Waals surface area (Å²) in [7, 11) is 0. The number of ether oxygens (including phenoxy) is 1. The van der Waals surface area contributed by atoms with Crippen LogP contribution < -0.4 is 10.8 Å². The second kappa shape index (κ2) is 7.77. The van der Waals surface area contributed by atoms with Crippen LogP contribution in [0.1, 0.15) is 23.2 Å². The molecule has 3 N–H and O–H groups in total. The standard InChI is InChI=1S/C20H22N4O3/c25-19(23-26)15-5-7-16(8-6-15)21-20-22-17-3-1-2-4-18(17)24(20)13-14-9-11-27-12-10-14/h1-8,14,26H,9-13H2,(H,21,22)(H,23,25). The highest BCUT2D eigenvalue weighted by Gasteiger charge is 2.18. The molecule has 1 aliphatic heterocycles. The van der Waals surface area contributed by atoms with Gasteiger partial charge in [-0.15, -0.1) is 0 Å². The van der Waals surface area contributed by atoms with E-state index in [4.69, 9.17) is 14.9 Å². The molecular formula is C20H22N4O3. The number of nitrogens with zero attached hydrogens (tertiary/aromatic N) is 2. The average Bonchev–Trinajstić information content (AvgIpc) is 3.06. The molecule has 0 unspecified atom stereocenters. The van der Waals surface area contributed by atoms with E-state index in [1.807, 2.05) is 18.2 Å². The molecule has 0 bridgehead atoms. The van der Waals surface area contributed by atoms with Crippen molar-refractivity contribution in [2.45, 2.75) is 19.4 Å². The van der Waals surface area contributed by atoms with E-state index in [1.165, 1.54) is 0 Å². The lowest BCUT2D eigenvalue weighted by Gasteiger charge is -2.23. The minimum atomic E-state index is -0.534. The van der Waals surface area contributed by atoms with Gasteiger partial charge in [-0.3, -0.25) is 10.0 Å². The number of hydrogen-bond acceptors (Lipinski definition) is 5. The number of benzene rings is 2. The zero-order valence-corrected chi connectivity index (χ0v) is 14.9. The summed E-state index contributed by atoms with van der Waals surface area (Å²) >= 11 is 0. The zero-order valence-electron chi connectivity index (χ0n) is 14.9. The number of anilines is 2. The maximum Gasteiger partial charge on any atom is 0.274 e. The van der Waals surface area contributed by atoms with Crippen molar-refractivity contribution in [3.63, 3.8) is 0 Å². The number of hydroxylamine groups is 1. The smallest absolute Gasteiger partial charge is 0.274 e. The molecule has 0 spiro atoms. The van der Waals surface area contributed by atoms with Crippen LogP contribution in [-0.4, -0.2) is 33.9 Å². The van der Waals surface area contributed by atoms with Gasteiger partial charge >= 0.3 is 0 Å². The third-order valence-corrected chi connectivity index (χ3v) is 4.94. The monoisotopic (exact) mass is 366 g/mol. The van der Waals surface area contributed by atoms with Gasteiger partial charge in [-0.25, -0.2) is 10.5 Å². The minimum Gasteiger partial charge on any atom is -0.381 e. The van der Waals surface area contributed by atoms with Crippen LogP contribution in [0.2, 0.25) is 0 Å². The highest BCUT2D eigenvalue weighted by molar-refractivity contribution is 5.93. The van der Waals surface area contributed by atoms with Gasteiger partial charge in [0.2, 0.25) is 5.95 Å². The number of carbonyl (C=O) groups is 1. The Morgan fingerprint density at radius 1 is 1.15 bits per heavy atom. The summed E-state index contributed by atoms with van der Waals surface area (Å²) in [5, 5.41) is 12.1. The molecule has 2 heterocycles. The Labute approximate surface area is 156 Å². The number of imidazole rings is 1. The van der Waals surface area contributed by atoms with Gasteiger partial charge in [0.1, 0.15) is 0 Å². The maximum atomic E-state index is 11.5. The molecule has 0 atom stereocenters. The molecule has 1 amide bonds. The Hall–Kier alpha value is -2.90. The van der Waals surface area contributed by atoms with Crippen LogP contribution in [-0.2, 0) is 11.3 Å². The summed E-state index contributed by atoms with van der Waals surface area (Å²) in [6.45, 7) is 2.51.